The molecule has 0 aliphatic carbocycles. The molecule has 1 N–H and O–H groups in total. The van der Waals surface area contributed by atoms with Crippen molar-refractivity contribution >= 4 is 5.78 Å². The van der Waals surface area contributed by atoms with Crippen LogP contribution in [0, 0.1) is 5.82 Å². The maximum Gasteiger partial charge on any atom is 0.163 e. The number of morpholine rings is 1. The van der Waals surface area contributed by atoms with Gasteiger partial charge in [0.2, 0.25) is 0 Å². The van der Waals surface area contributed by atoms with Crippen LogP contribution in [0.4, 0.5) is 4.39 Å². The summed E-state index contributed by atoms with van der Waals surface area (Å²) in [6.45, 7) is 7.68. The lowest BCUT2D eigenvalue weighted by atomic mass is 9.99. The van der Waals surface area contributed by atoms with Gasteiger partial charge in [-0.05, 0) is 32.9 Å². The summed E-state index contributed by atoms with van der Waals surface area (Å²) >= 11 is 0. The van der Waals surface area contributed by atoms with E-state index in [0.29, 0.717) is 31.9 Å². The van der Waals surface area contributed by atoms with Crippen molar-refractivity contribution in [2.24, 2.45) is 0 Å². The van der Waals surface area contributed by atoms with E-state index >= 15 is 0 Å². The number of rotatable bonds is 3. The van der Waals surface area contributed by atoms with Gasteiger partial charge in [-0.15, -0.1) is 0 Å². The normalized spacial score (nSPS) is 19.0. The van der Waals surface area contributed by atoms with Crippen LogP contribution in [-0.2, 0) is 11.3 Å². The molecule has 2 rings (SSSR count). The Morgan fingerprint density at radius 1 is 1.50 bits per heavy atom. The summed E-state index contributed by atoms with van der Waals surface area (Å²) in [6, 6.07) is 2.36. The molecule has 0 atom stereocenters. The number of carbonyl (C=O) groups is 1. The fraction of sp³-hybridized carbons (Fsp3) is 0.533. The number of phenolic OH excluding ortho intramolecular Hbond substituents is 1. The highest BCUT2D eigenvalue weighted by Crippen LogP contribution is 2.29. The summed E-state index contributed by atoms with van der Waals surface area (Å²) in [5, 5.41) is 10.1. The summed E-state index contributed by atoms with van der Waals surface area (Å²) in [4.78, 5) is 13.5. The number of hydrogen-bond donors (Lipinski definition) is 1. The average Bonchev–Trinajstić information content (AvgIpc) is 2.35. The van der Waals surface area contributed by atoms with Crippen LogP contribution in [0.5, 0.6) is 5.75 Å². The number of ketones is 1. The standard InChI is InChI=1S/C15H20FNO3/c1-10(18)13-7-12(16)6-11(14(13)19)8-17-4-5-20-9-15(17,2)3/h6-7,19H,4-5,8-9H2,1-3H3. The first kappa shape index (κ1) is 14.9. The van der Waals surface area contributed by atoms with Crippen molar-refractivity contribution in [2.75, 3.05) is 19.8 Å². The fourth-order valence-corrected chi connectivity index (χ4v) is 2.43. The minimum absolute atomic E-state index is 0.0334. The van der Waals surface area contributed by atoms with Crippen molar-refractivity contribution in [1.29, 1.82) is 0 Å². The molecule has 0 amide bonds. The van der Waals surface area contributed by atoms with Crippen LogP contribution in [0.2, 0.25) is 0 Å². The van der Waals surface area contributed by atoms with E-state index in [-0.39, 0.29) is 22.6 Å². The van der Waals surface area contributed by atoms with Crippen molar-refractivity contribution in [3.63, 3.8) is 0 Å². The lowest BCUT2D eigenvalue weighted by Crippen LogP contribution is -2.52. The van der Waals surface area contributed by atoms with Crippen molar-refractivity contribution in [3.05, 3.63) is 29.1 Å². The van der Waals surface area contributed by atoms with Crippen molar-refractivity contribution in [1.82, 2.24) is 4.90 Å². The lowest BCUT2D eigenvalue weighted by Gasteiger charge is -2.42. The second-order valence-corrected chi connectivity index (χ2v) is 5.80. The topological polar surface area (TPSA) is 49.8 Å². The Morgan fingerprint density at radius 3 is 2.80 bits per heavy atom. The largest absolute Gasteiger partial charge is 0.507 e. The monoisotopic (exact) mass is 281 g/mol. The van der Waals surface area contributed by atoms with Crippen LogP contribution in [0.1, 0.15) is 36.7 Å². The molecule has 110 valence electrons. The quantitative estimate of drug-likeness (QED) is 0.864. The fourth-order valence-electron chi connectivity index (χ4n) is 2.43. The second-order valence-electron chi connectivity index (χ2n) is 5.80. The molecule has 0 spiro atoms. The number of carbonyl (C=O) groups excluding carboxylic acids is 1. The van der Waals surface area contributed by atoms with Gasteiger partial charge in [0.05, 0.1) is 18.8 Å². The summed E-state index contributed by atoms with van der Waals surface area (Å²) in [5.74, 6) is -0.972. The van der Waals surface area contributed by atoms with Gasteiger partial charge in [-0.2, -0.15) is 0 Å². The first-order chi connectivity index (χ1) is 9.31. The molecule has 1 aromatic carbocycles. The van der Waals surface area contributed by atoms with Gasteiger partial charge in [-0.3, -0.25) is 9.69 Å². The summed E-state index contributed by atoms with van der Waals surface area (Å²) in [6.07, 6.45) is 0. The number of hydrogen-bond acceptors (Lipinski definition) is 4. The minimum Gasteiger partial charge on any atom is -0.507 e. The van der Waals surface area contributed by atoms with Crippen molar-refractivity contribution in [2.45, 2.75) is 32.9 Å². The van der Waals surface area contributed by atoms with Crippen molar-refractivity contribution < 1.29 is 19.0 Å². The zero-order valence-electron chi connectivity index (χ0n) is 12.1. The lowest BCUT2D eigenvalue weighted by molar-refractivity contribution is -0.0555. The maximum absolute atomic E-state index is 13.6. The highest BCUT2D eigenvalue weighted by molar-refractivity contribution is 5.97. The number of nitrogens with zero attached hydrogens (tertiary/aromatic N) is 1. The number of halogens is 1. The molecule has 0 radical (unpaired) electrons. The molecule has 1 aliphatic rings. The average molecular weight is 281 g/mol. The van der Waals surface area contributed by atoms with Crippen LogP contribution in [0.3, 0.4) is 0 Å². The number of benzene rings is 1. The molecule has 5 heteroatoms. The molecule has 4 nitrogen and oxygen atoms in total. The number of ether oxygens (including phenoxy) is 1. The number of phenols is 1. The third kappa shape index (κ3) is 2.99. The van der Waals surface area contributed by atoms with Gasteiger partial charge in [0.1, 0.15) is 11.6 Å². The molecule has 1 saturated heterocycles. The number of Topliss-reactive ketones (excluding diaryl/α,β-unsaturated/α-hetero) is 1. The van der Waals surface area contributed by atoms with E-state index in [1.165, 1.54) is 13.0 Å². The van der Waals surface area contributed by atoms with Crippen LogP contribution >= 0.6 is 0 Å². The Bertz CT molecular complexity index is 528. The highest BCUT2D eigenvalue weighted by Gasteiger charge is 2.31. The smallest absolute Gasteiger partial charge is 0.163 e. The Labute approximate surface area is 118 Å². The zero-order chi connectivity index (χ0) is 14.9. The van der Waals surface area contributed by atoms with Gasteiger partial charge in [-0.1, -0.05) is 0 Å². The summed E-state index contributed by atoms with van der Waals surface area (Å²) in [7, 11) is 0. The van der Waals surface area contributed by atoms with Crippen LogP contribution < -0.4 is 0 Å². The molecule has 1 heterocycles. The van der Waals surface area contributed by atoms with Gasteiger partial charge in [-0.25, -0.2) is 4.39 Å². The van der Waals surface area contributed by atoms with E-state index < -0.39 is 5.82 Å². The van der Waals surface area contributed by atoms with E-state index in [1.54, 1.807) is 0 Å². The van der Waals surface area contributed by atoms with Crippen LogP contribution in [0.15, 0.2) is 12.1 Å². The minimum atomic E-state index is -0.505. The Morgan fingerprint density at radius 2 is 2.20 bits per heavy atom. The Balaban J connectivity index is 2.31. The van der Waals surface area contributed by atoms with Crippen LogP contribution in [0.25, 0.3) is 0 Å². The first-order valence-electron chi connectivity index (χ1n) is 6.66. The van der Waals surface area contributed by atoms with E-state index in [2.05, 4.69) is 4.90 Å². The van der Waals surface area contributed by atoms with Gasteiger partial charge >= 0.3 is 0 Å². The van der Waals surface area contributed by atoms with Gasteiger partial charge in [0, 0.05) is 24.2 Å². The molecule has 20 heavy (non-hydrogen) atoms. The summed E-state index contributed by atoms with van der Waals surface area (Å²) < 4.78 is 19.0. The van der Waals surface area contributed by atoms with E-state index in [4.69, 9.17) is 4.74 Å². The Kier molecular flexibility index (Phi) is 4.11. The molecule has 0 bridgehead atoms. The Hall–Kier alpha value is -1.46. The SMILES string of the molecule is CC(=O)c1cc(F)cc(CN2CCOCC2(C)C)c1O. The predicted molar refractivity (Wildman–Crippen MR) is 73.4 cm³/mol. The third-order valence-corrected chi connectivity index (χ3v) is 3.71. The van der Waals surface area contributed by atoms with Gasteiger partial charge in [0.25, 0.3) is 0 Å². The molecular formula is C15H20FNO3. The predicted octanol–water partition coefficient (Wildman–Crippen LogP) is 2.34. The number of aromatic hydroxyl groups is 1. The van der Waals surface area contributed by atoms with Gasteiger partial charge in [0.15, 0.2) is 5.78 Å². The molecule has 1 aliphatic heterocycles. The second kappa shape index (κ2) is 5.50. The molecule has 0 saturated carbocycles. The maximum atomic E-state index is 13.6. The van der Waals surface area contributed by atoms with E-state index in [1.807, 2.05) is 13.8 Å². The van der Waals surface area contributed by atoms with Crippen LogP contribution in [-0.4, -0.2) is 41.1 Å². The molecule has 0 aromatic heterocycles. The third-order valence-electron chi connectivity index (χ3n) is 3.71. The molecule has 1 fully saturated rings. The van der Waals surface area contributed by atoms with E-state index in [0.717, 1.165) is 6.07 Å². The zero-order valence-corrected chi connectivity index (χ0v) is 12.1. The van der Waals surface area contributed by atoms with E-state index in [9.17, 15) is 14.3 Å². The summed E-state index contributed by atoms with van der Waals surface area (Å²) in [5.41, 5.74) is 0.282. The molecule has 1 aromatic rings. The first-order valence-corrected chi connectivity index (χ1v) is 6.66. The van der Waals surface area contributed by atoms with Gasteiger partial charge < -0.3 is 9.84 Å². The molecule has 0 unspecified atom stereocenters. The molecular weight excluding hydrogens is 261 g/mol. The highest BCUT2D eigenvalue weighted by atomic mass is 19.1. The van der Waals surface area contributed by atoms with Crippen molar-refractivity contribution in [3.8, 4) is 5.75 Å².